The molecule has 5 heteroatoms. The highest BCUT2D eigenvalue weighted by molar-refractivity contribution is 5.40. The van der Waals surface area contributed by atoms with E-state index in [-0.39, 0.29) is 6.61 Å². The minimum absolute atomic E-state index is 0.0158. The minimum Gasteiger partial charge on any atom is -0.391 e. The number of hydrogen-bond acceptors (Lipinski definition) is 3. The number of aromatic nitrogens is 4. The lowest BCUT2D eigenvalue weighted by Gasteiger charge is -2.15. The van der Waals surface area contributed by atoms with E-state index >= 15 is 0 Å². The van der Waals surface area contributed by atoms with Gasteiger partial charge in [0.15, 0.2) is 0 Å². The molecular formula is C13H18N4O. The Morgan fingerprint density at radius 3 is 2.89 bits per heavy atom. The van der Waals surface area contributed by atoms with Crippen LogP contribution in [-0.4, -0.2) is 24.4 Å². The molecule has 0 saturated heterocycles. The number of imidazole rings is 1. The van der Waals surface area contributed by atoms with Gasteiger partial charge in [0.25, 0.3) is 0 Å². The SMILES string of the molecule is Cc1nn(C)c(-n2cnc3c2CCCC3)c1CO. The van der Waals surface area contributed by atoms with Crippen LogP contribution in [-0.2, 0) is 26.5 Å². The third kappa shape index (κ3) is 1.58. The zero-order chi connectivity index (χ0) is 12.7. The first-order valence-corrected chi connectivity index (χ1v) is 6.41. The van der Waals surface area contributed by atoms with Gasteiger partial charge < -0.3 is 5.11 Å². The number of aliphatic hydroxyl groups is 1. The van der Waals surface area contributed by atoms with Crippen molar-refractivity contribution < 1.29 is 5.11 Å². The van der Waals surface area contributed by atoms with Crippen molar-refractivity contribution in [3.05, 3.63) is 29.0 Å². The van der Waals surface area contributed by atoms with Gasteiger partial charge in [-0.15, -0.1) is 0 Å². The summed E-state index contributed by atoms with van der Waals surface area (Å²) in [6, 6.07) is 0. The second-order valence-electron chi connectivity index (χ2n) is 4.88. The summed E-state index contributed by atoms with van der Waals surface area (Å²) in [7, 11) is 1.91. The van der Waals surface area contributed by atoms with Gasteiger partial charge in [0.05, 0.1) is 18.0 Å². The number of fused-ring (bicyclic) bond motifs is 1. The summed E-state index contributed by atoms with van der Waals surface area (Å²) in [6.45, 7) is 1.94. The minimum atomic E-state index is 0.0158. The molecule has 3 rings (SSSR count). The monoisotopic (exact) mass is 246 g/mol. The Morgan fingerprint density at radius 2 is 2.11 bits per heavy atom. The molecule has 0 amide bonds. The number of rotatable bonds is 2. The van der Waals surface area contributed by atoms with E-state index < -0.39 is 0 Å². The van der Waals surface area contributed by atoms with Gasteiger partial charge in [0, 0.05) is 18.3 Å². The number of aryl methyl sites for hydroxylation is 3. The van der Waals surface area contributed by atoms with Crippen LogP contribution >= 0.6 is 0 Å². The first-order valence-electron chi connectivity index (χ1n) is 6.41. The van der Waals surface area contributed by atoms with Crippen molar-refractivity contribution in [1.29, 1.82) is 0 Å². The van der Waals surface area contributed by atoms with Crippen molar-refractivity contribution >= 4 is 0 Å². The van der Waals surface area contributed by atoms with Gasteiger partial charge in [-0.2, -0.15) is 5.10 Å². The quantitative estimate of drug-likeness (QED) is 0.868. The second-order valence-corrected chi connectivity index (χ2v) is 4.88. The van der Waals surface area contributed by atoms with E-state index in [9.17, 15) is 5.11 Å². The Kier molecular flexibility index (Phi) is 2.70. The third-order valence-electron chi connectivity index (χ3n) is 3.73. The van der Waals surface area contributed by atoms with Gasteiger partial charge in [0.2, 0.25) is 0 Å². The van der Waals surface area contributed by atoms with Gasteiger partial charge >= 0.3 is 0 Å². The maximum Gasteiger partial charge on any atom is 0.141 e. The lowest BCUT2D eigenvalue weighted by atomic mass is 10.0. The van der Waals surface area contributed by atoms with Crippen LogP contribution in [0.15, 0.2) is 6.33 Å². The smallest absolute Gasteiger partial charge is 0.141 e. The van der Waals surface area contributed by atoms with Crippen LogP contribution in [0.25, 0.3) is 5.82 Å². The molecule has 0 unspecified atom stereocenters. The molecule has 0 radical (unpaired) electrons. The summed E-state index contributed by atoms with van der Waals surface area (Å²) in [5.41, 5.74) is 4.25. The van der Waals surface area contributed by atoms with Crippen molar-refractivity contribution in [2.75, 3.05) is 0 Å². The van der Waals surface area contributed by atoms with Crippen molar-refractivity contribution in [2.24, 2.45) is 7.05 Å². The Labute approximate surface area is 106 Å². The fourth-order valence-corrected chi connectivity index (χ4v) is 2.83. The Morgan fingerprint density at radius 1 is 1.33 bits per heavy atom. The standard InChI is InChI=1S/C13H18N4O/c1-9-10(7-18)13(16(2)15-9)17-8-14-11-5-3-4-6-12(11)17/h8,18H,3-7H2,1-2H3. The van der Waals surface area contributed by atoms with E-state index in [1.807, 2.05) is 25.0 Å². The zero-order valence-electron chi connectivity index (χ0n) is 10.8. The molecule has 0 aromatic carbocycles. The number of aliphatic hydroxyl groups excluding tert-OH is 1. The average molecular weight is 246 g/mol. The van der Waals surface area contributed by atoms with Gasteiger partial charge in [-0.3, -0.25) is 9.25 Å². The van der Waals surface area contributed by atoms with E-state index in [1.165, 1.54) is 24.2 Å². The molecule has 0 fully saturated rings. The molecular weight excluding hydrogens is 228 g/mol. The summed E-state index contributed by atoms with van der Waals surface area (Å²) in [5, 5.41) is 13.9. The molecule has 0 saturated carbocycles. The van der Waals surface area contributed by atoms with Gasteiger partial charge in [-0.1, -0.05) is 0 Å². The molecule has 1 N–H and O–H groups in total. The van der Waals surface area contributed by atoms with Crippen molar-refractivity contribution in [3.8, 4) is 5.82 Å². The van der Waals surface area contributed by atoms with Crippen LogP contribution in [0.4, 0.5) is 0 Å². The Hall–Kier alpha value is -1.62. The fourth-order valence-electron chi connectivity index (χ4n) is 2.83. The second kappa shape index (κ2) is 4.24. The summed E-state index contributed by atoms with van der Waals surface area (Å²) in [4.78, 5) is 4.50. The van der Waals surface area contributed by atoms with Crippen molar-refractivity contribution in [2.45, 2.75) is 39.2 Å². The normalized spacial score (nSPS) is 14.8. The van der Waals surface area contributed by atoms with Crippen LogP contribution in [0.2, 0.25) is 0 Å². The molecule has 2 aromatic rings. The molecule has 0 bridgehead atoms. The molecule has 96 valence electrons. The molecule has 1 aliphatic rings. The first kappa shape index (κ1) is 11.5. The highest BCUT2D eigenvalue weighted by Gasteiger charge is 2.21. The molecule has 1 aliphatic carbocycles. The van der Waals surface area contributed by atoms with Crippen LogP contribution in [0.3, 0.4) is 0 Å². The maximum absolute atomic E-state index is 9.53. The summed E-state index contributed by atoms with van der Waals surface area (Å²) < 4.78 is 3.93. The summed E-state index contributed by atoms with van der Waals surface area (Å²) in [5.74, 6) is 0.950. The Bertz CT molecular complexity index is 582. The zero-order valence-corrected chi connectivity index (χ0v) is 10.8. The van der Waals surface area contributed by atoms with Crippen molar-refractivity contribution in [1.82, 2.24) is 19.3 Å². The van der Waals surface area contributed by atoms with Crippen LogP contribution in [0.5, 0.6) is 0 Å². The van der Waals surface area contributed by atoms with E-state index in [0.29, 0.717) is 0 Å². The van der Waals surface area contributed by atoms with Crippen LogP contribution in [0, 0.1) is 6.92 Å². The Balaban J connectivity index is 2.18. The maximum atomic E-state index is 9.53. The largest absolute Gasteiger partial charge is 0.391 e. The molecule has 2 aromatic heterocycles. The molecule has 5 nitrogen and oxygen atoms in total. The molecule has 0 atom stereocenters. The third-order valence-corrected chi connectivity index (χ3v) is 3.73. The average Bonchev–Trinajstić information content (AvgIpc) is 2.89. The van der Waals surface area contributed by atoms with E-state index in [2.05, 4.69) is 14.6 Å². The highest BCUT2D eigenvalue weighted by atomic mass is 16.3. The number of hydrogen-bond donors (Lipinski definition) is 1. The molecule has 0 spiro atoms. The number of nitrogens with zero attached hydrogens (tertiary/aromatic N) is 4. The lowest BCUT2D eigenvalue weighted by Crippen LogP contribution is -2.11. The van der Waals surface area contributed by atoms with Gasteiger partial charge in [-0.25, -0.2) is 4.98 Å². The highest BCUT2D eigenvalue weighted by Crippen LogP contribution is 2.25. The lowest BCUT2D eigenvalue weighted by molar-refractivity contribution is 0.280. The predicted molar refractivity (Wildman–Crippen MR) is 67.6 cm³/mol. The molecule has 18 heavy (non-hydrogen) atoms. The summed E-state index contributed by atoms with van der Waals surface area (Å²) >= 11 is 0. The van der Waals surface area contributed by atoms with E-state index in [4.69, 9.17) is 0 Å². The molecule has 2 heterocycles. The first-order chi connectivity index (χ1) is 8.72. The molecule has 0 aliphatic heterocycles. The van der Waals surface area contributed by atoms with Gasteiger partial charge in [0.1, 0.15) is 12.1 Å². The topological polar surface area (TPSA) is 55.9 Å². The van der Waals surface area contributed by atoms with Crippen LogP contribution in [0.1, 0.15) is 35.5 Å². The van der Waals surface area contributed by atoms with Gasteiger partial charge in [-0.05, 0) is 32.6 Å². The predicted octanol–water partition coefficient (Wildman–Crippen LogP) is 1.29. The van der Waals surface area contributed by atoms with Crippen molar-refractivity contribution in [3.63, 3.8) is 0 Å². The van der Waals surface area contributed by atoms with E-state index in [1.54, 1.807) is 0 Å². The summed E-state index contributed by atoms with van der Waals surface area (Å²) in [6.07, 6.45) is 6.43. The fraction of sp³-hybridized carbons (Fsp3) is 0.538. The van der Waals surface area contributed by atoms with E-state index in [0.717, 1.165) is 29.9 Å². The van der Waals surface area contributed by atoms with Crippen LogP contribution < -0.4 is 0 Å².